The van der Waals surface area contributed by atoms with Gasteiger partial charge in [-0.05, 0) is 27.4 Å². The Morgan fingerprint density at radius 3 is 2.64 bits per heavy atom. The van der Waals surface area contributed by atoms with E-state index >= 15 is 0 Å². The molecule has 2 aromatic rings. The van der Waals surface area contributed by atoms with Crippen molar-refractivity contribution in [3.63, 3.8) is 0 Å². The Kier molecular flexibility index (Phi) is 1.62. The molecule has 0 amide bonds. The molecule has 2 rings (SSSR count). The van der Waals surface area contributed by atoms with Crippen LogP contribution in [0.4, 0.5) is 0 Å². The van der Waals surface area contributed by atoms with Gasteiger partial charge in [-0.3, -0.25) is 0 Å². The third kappa shape index (κ3) is 1.26. The summed E-state index contributed by atoms with van der Waals surface area (Å²) in [5.41, 5.74) is 0. The highest BCUT2D eigenvalue weighted by Gasteiger charge is 1.91. The summed E-state index contributed by atoms with van der Waals surface area (Å²) in [4.78, 5) is 4.12. The molecule has 54 valence electrons. The molecular formula is C9H6BrN. The second-order valence-corrected chi connectivity index (χ2v) is 3.17. The Hall–Kier alpha value is -0.890. The number of halogens is 1. The lowest BCUT2D eigenvalue weighted by atomic mass is 10.2. The number of nitrogens with zero attached hydrogens (tertiary/aromatic N) is 1. The second-order valence-electron chi connectivity index (χ2n) is 2.35. The van der Waals surface area contributed by atoms with Crippen molar-refractivity contribution in [3.05, 3.63) is 41.1 Å². The van der Waals surface area contributed by atoms with E-state index in [2.05, 4.69) is 33.0 Å². The monoisotopic (exact) mass is 207 g/mol. The summed E-state index contributed by atoms with van der Waals surface area (Å²) >= 11 is 3.32. The first-order valence-electron chi connectivity index (χ1n) is 3.36. The van der Waals surface area contributed by atoms with Crippen LogP contribution in [0.15, 0.2) is 41.1 Å². The summed E-state index contributed by atoms with van der Waals surface area (Å²) in [5.74, 6) is 0. The molecule has 1 aromatic carbocycles. The Morgan fingerprint density at radius 2 is 1.82 bits per heavy atom. The van der Waals surface area contributed by atoms with Gasteiger partial charge in [-0.25, -0.2) is 4.98 Å². The van der Waals surface area contributed by atoms with Gasteiger partial charge < -0.3 is 0 Å². The van der Waals surface area contributed by atoms with Crippen molar-refractivity contribution < 1.29 is 0 Å². The van der Waals surface area contributed by atoms with Gasteiger partial charge in [-0.2, -0.15) is 0 Å². The molecule has 0 atom stereocenters. The Bertz CT molecular complexity index is 384. The van der Waals surface area contributed by atoms with Crippen LogP contribution in [0.5, 0.6) is 0 Å². The summed E-state index contributed by atoms with van der Waals surface area (Å²) in [5, 5.41) is 2.39. The summed E-state index contributed by atoms with van der Waals surface area (Å²) in [7, 11) is 0. The largest absolute Gasteiger partial charge is 0.249 e. The van der Waals surface area contributed by atoms with Gasteiger partial charge in [0.2, 0.25) is 0 Å². The summed E-state index contributed by atoms with van der Waals surface area (Å²) < 4.78 is 0.885. The van der Waals surface area contributed by atoms with Gasteiger partial charge in [0.25, 0.3) is 0 Å². The predicted molar refractivity (Wildman–Crippen MR) is 49.4 cm³/mol. The van der Waals surface area contributed by atoms with E-state index in [0.29, 0.717) is 0 Å². The first-order valence-corrected chi connectivity index (χ1v) is 4.16. The highest BCUT2D eigenvalue weighted by atomic mass is 79.9. The fourth-order valence-corrected chi connectivity index (χ4v) is 1.41. The standard InChI is InChI=1S/C9H6BrN/c10-9-5-7-3-1-2-4-8(7)6-11-9/h1-6H. The lowest BCUT2D eigenvalue weighted by Crippen LogP contribution is -1.75. The average molecular weight is 208 g/mol. The average Bonchev–Trinajstić information content (AvgIpc) is 2.04. The maximum absolute atomic E-state index is 4.12. The van der Waals surface area contributed by atoms with Crippen molar-refractivity contribution in [1.82, 2.24) is 4.98 Å². The van der Waals surface area contributed by atoms with Crippen LogP contribution in [0.3, 0.4) is 0 Å². The van der Waals surface area contributed by atoms with Gasteiger partial charge in [0.05, 0.1) is 0 Å². The van der Waals surface area contributed by atoms with Gasteiger partial charge in [0, 0.05) is 11.6 Å². The minimum absolute atomic E-state index is 0.885. The molecule has 0 aliphatic heterocycles. The van der Waals surface area contributed by atoms with Crippen LogP contribution in [0.25, 0.3) is 10.8 Å². The Labute approximate surface area is 73.2 Å². The smallest absolute Gasteiger partial charge is 0.106 e. The van der Waals surface area contributed by atoms with E-state index < -0.39 is 0 Å². The summed E-state index contributed by atoms with van der Waals surface area (Å²) in [6.45, 7) is 0. The van der Waals surface area contributed by atoms with E-state index in [4.69, 9.17) is 0 Å². The van der Waals surface area contributed by atoms with E-state index in [1.54, 1.807) is 0 Å². The molecular weight excluding hydrogens is 202 g/mol. The van der Waals surface area contributed by atoms with E-state index in [1.807, 2.05) is 24.4 Å². The molecule has 0 aliphatic carbocycles. The first-order chi connectivity index (χ1) is 5.36. The van der Waals surface area contributed by atoms with Gasteiger partial charge in [-0.15, -0.1) is 0 Å². The zero-order chi connectivity index (χ0) is 7.68. The number of pyridine rings is 1. The van der Waals surface area contributed by atoms with Crippen molar-refractivity contribution in [2.75, 3.05) is 0 Å². The molecule has 0 aliphatic rings. The number of rotatable bonds is 0. The van der Waals surface area contributed by atoms with Crippen LogP contribution in [0, 0.1) is 0 Å². The van der Waals surface area contributed by atoms with E-state index in [9.17, 15) is 0 Å². The Balaban J connectivity index is 2.83. The van der Waals surface area contributed by atoms with Gasteiger partial charge >= 0.3 is 0 Å². The van der Waals surface area contributed by atoms with Crippen molar-refractivity contribution in [3.8, 4) is 0 Å². The van der Waals surface area contributed by atoms with Crippen LogP contribution < -0.4 is 0 Å². The van der Waals surface area contributed by atoms with Gasteiger partial charge in [0.1, 0.15) is 4.60 Å². The lowest BCUT2D eigenvalue weighted by Gasteiger charge is -1.95. The number of hydrogen-bond acceptors (Lipinski definition) is 1. The fourth-order valence-electron chi connectivity index (χ4n) is 1.06. The molecule has 1 aromatic heterocycles. The lowest BCUT2D eigenvalue weighted by molar-refractivity contribution is 1.31. The zero-order valence-corrected chi connectivity index (χ0v) is 7.38. The number of fused-ring (bicyclic) bond motifs is 1. The molecule has 0 unspecified atom stereocenters. The fraction of sp³-hybridized carbons (Fsp3) is 0. The van der Waals surface area contributed by atoms with Crippen LogP contribution in [-0.4, -0.2) is 4.98 Å². The summed E-state index contributed by atoms with van der Waals surface area (Å²) in [6.07, 6.45) is 1.86. The van der Waals surface area contributed by atoms with Crippen LogP contribution in [0.2, 0.25) is 0 Å². The molecule has 0 spiro atoms. The van der Waals surface area contributed by atoms with Gasteiger partial charge in [-0.1, -0.05) is 24.3 Å². The minimum atomic E-state index is 0.885. The third-order valence-corrected chi connectivity index (χ3v) is 2.03. The molecule has 1 heterocycles. The molecule has 0 saturated carbocycles. The maximum atomic E-state index is 4.12. The highest BCUT2D eigenvalue weighted by molar-refractivity contribution is 9.10. The SMILES string of the molecule is Brc1cc2ccccc2cn1. The van der Waals surface area contributed by atoms with Crippen molar-refractivity contribution >= 4 is 26.7 Å². The molecule has 2 heteroatoms. The van der Waals surface area contributed by atoms with E-state index in [0.717, 1.165) is 4.60 Å². The van der Waals surface area contributed by atoms with Crippen LogP contribution in [0.1, 0.15) is 0 Å². The quantitative estimate of drug-likeness (QED) is 0.606. The molecule has 0 radical (unpaired) electrons. The highest BCUT2D eigenvalue weighted by Crippen LogP contribution is 2.15. The minimum Gasteiger partial charge on any atom is -0.249 e. The van der Waals surface area contributed by atoms with Crippen molar-refractivity contribution in [1.29, 1.82) is 0 Å². The molecule has 0 N–H and O–H groups in total. The van der Waals surface area contributed by atoms with Crippen LogP contribution in [-0.2, 0) is 0 Å². The molecule has 11 heavy (non-hydrogen) atoms. The Morgan fingerprint density at radius 1 is 1.09 bits per heavy atom. The second kappa shape index (κ2) is 2.62. The van der Waals surface area contributed by atoms with Gasteiger partial charge in [0.15, 0.2) is 0 Å². The predicted octanol–water partition coefficient (Wildman–Crippen LogP) is 3.00. The molecule has 0 fully saturated rings. The number of hydrogen-bond donors (Lipinski definition) is 0. The zero-order valence-electron chi connectivity index (χ0n) is 5.79. The summed E-state index contributed by atoms with van der Waals surface area (Å²) in [6, 6.07) is 10.2. The third-order valence-electron chi connectivity index (χ3n) is 1.60. The molecule has 0 bridgehead atoms. The van der Waals surface area contributed by atoms with E-state index in [1.165, 1.54) is 10.8 Å². The van der Waals surface area contributed by atoms with Crippen LogP contribution >= 0.6 is 15.9 Å². The number of aromatic nitrogens is 1. The van der Waals surface area contributed by atoms with Crippen molar-refractivity contribution in [2.45, 2.75) is 0 Å². The maximum Gasteiger partial charge on any atom is 0.106 e. The first kappa shape index (κ1) is 6.80. The molecule has 0 saturated heterocycles. The molecule has 1 nitrogen and oxygen atoms in total. The van der Waals surface area contributed by atoms with E-state index in [-0.39, 0.29) is 0 Å². The van der Waals surface area contributed by atoms with Crippen molar-refractivity contribution in [2.24, 2.45) is 0 Å². The number of benzene rings is 1. The normalized spacial score (nSPS) is 10.3. The topological polar surface area (TPSA) is 12.9 Å².